The average Bonchev–Trinajstić information content (AvgIpc) is 2.40. The number of phenols is 1. The molecule has 0 radical (unpaired) electrons. The zero-order valence-corrected chi connectivity index (χ0v) is 11.8. The summed E-state index contributed by atoms with van der Waals surface area (Å²) in [6, 6.07) is 10.6. The summed E-state index contributed by atoms with van der Waals surface area (Å²) < 4.78 is 4.98. The molecule has 2 N–H and O–H groups in total. The van der Waals surface area contributed by atoms with E-state index in [1.807, 2.05) is 18.2 Å². The van der Waals surface area contributed by atoms with Crippen molar-refractivity contribution in [2.24, 2.45) is 0 Å². The largest absolute Gasteiger partial charge is 0.504 e. The predicted molar refractivity (Wildman–Crippen MR) is 78.4 cm³/mol. The first-order valence-electron chi connectivity index (χ1n) is 5.65. The monoisotopic (exact) mass is 297 g/mol. The first-order valence-corrected chi connectivity index (χ1v) is 6.41. The molecule has 0 bridgehead atoms. The third kappa shape index (κ3) is 3.25. The molecule has 0 saturated carbocycles. The predicted octanol–water partition coefficient (Wildman–Crippen LogP) is 4.32. The molecular formula is C14H13Cl2NO2. The molecule has 0 saturated heterocycles. The fraction of sp³-hybridized carbons (Fsp3) is 0.143. The molecule has 0 aliphatic heterocycles. The van der Waals surface area contributed by atoms with E-state index in [1.165, 1.54) is 7.11 Å². The highest BCUT2D eigenvalue weighted by Gasteiger charge is 2.05. The van der Waals surface area contributed by atoms with Gasteiger partial charge in [-0.3, -0.25) is 0 Å². The van der Waals surface area contributed by atoms with Gasteiger partial charge in [-0.2, -0.15) is 0 Å². The number of halogens is 2. The topological polar surface area (TPSA) is 41.5 Å². The summed E-state index contributed by atoms with van der Waals surface area (Å²) in [7, 11) is 1.51. The molecule has 2 aromatic carbocycles. The lowest BCUT2D eigenvalue weighted by atomic mass is 10.2. The second kappa shape index (κ2) is 6.04. The van der Waals surface area contributed by atoms with Gasteiger partial charge < -0.3 is 15.2 Å². The molecule has 0 atom stereocenters. The number of phenolic OH excluding ortho intramolecular Hbond substituents is 1. The molecule has 0 amide bonds. The van der Waals surface area contributed by atoms with Crippen molar-refractivity contribution < 1.29 is 9.84 Å². The summed E-state index contributed by atoms with van der Waals surface area (Å²) in [5, 5.41) is 13.9. The van der Waals surface area contributed by atoms with E-state index < -0.39 is 0 Å². The number of aromatic hydroxyl groups is 1. The lowest BCUT2D eigenvalue weighted by Crippen LogP contribution is -2.00. The van der Waals surface area contributed by atoms with Crippen molar-refractivity contribution in [1.82, 2.24) is 0 Å². The van der Waals surface area contributed by atoms with Gasteiger partial charge in [0.2, 0.25) is 0 Å². The normalized spacial score (nSPS) is 10.3. The molecule has 0 unspecified atom stereocenters. The molecule has 0 heterocycles. The second-order valence-electron chi connectivity index (χ2n) is 3.95. The van der Waals surface area contributed by atoms with Crippen molar-refractivity contribution in [3.8, 4) is 11.5 Å². The average molecular weight is 298 g/mol. The smallest absolute Gasteiger partial charge is 0.160 e. The Kier molecular flexibility index (Phi) is 4.40. The lowest BCUT2D eigenvalue weighted by molar-refractivity contribution is 0.373. The number of anilines is 1. The molecule has 100 valence electrons. The van der Waals surface area contributed by atoms with Gasteiger partial charge in [0, 0.05) is 18.3 Å². The van der Waals surface area contributed by atoms with Gasteiger partial charge in [0.25, 0.3) is 0 Å². The number of hydrogen-bond acceptors (Lipinski definition) is 3. The lowest BCUT2D eigenvalue weighted by Gasteiger charge is -2.10. The van der Waals surface area contributed by atoms with Crippen LogP contribution in [-0.4, -0.2) is 12.2 Å². The number of ether oxygens (including phenoxy) is 1. The van der Waals surface area contributed by atoms with Gasteiger partial charge in [0.05, 0.1) is 17.2 Å². The first kappa shape index (κ1) is 13.8. The molecule has 5 heteroatoms. The van der Waals surface area contributed by atoms with Crippen molar-refractivity contribution in [3.63, 3.8) is 0 Å². The van der Waals surface area contributed by atoms with Gasteiger partial charge in [0.1, 0.15) is 0 Å². The van der Waals surface area contributed by atoms with Crippen LogP contribution in [0.4, 0.5) is 5.69 Å². The molecule has 0 aliphatic carbocycles. The third-order valence-electron chi connectivity index (χ3n) is 2.69. The summed E-state index contributed by atoms with van der Waals surface area (Å²) in [4.78, 5) is 0. The van der Waals surface area contributed by atoms with Crippen LogP contribution in [0.1, 0.15) is 5.56 Å². The zero-order valence-electron chi connectivity index (χ0n) is 10.3. The van der Waals surface area contributed by atoms with Crippen LogP contribution in [0.2, 0.25) is 10.0 Å². The highest BCUT2D eigenvalue weighted by molar-refractivity contribution is 6.42. The molecule has 2 aromatic rings. The Morgan fingerprint density at radius 3 is 2.68 bits per heavy atom. The summed E-state index contributed by atoms with van der Waals surface area (Å²) in [6.07, 6.45) is 0. The SMILES string of the molecule is COc1ccc(NCc2cccc(Cl)c2Cl)cc1O. The van der Waals surface area contributed by atoms with Gasteiger partial charge in [-0.1, -0.05) is 35.3 Å². The molecule has 0 aliphatic rings. The fourth-order valence-electron chi connectivity index (χ4n) is 1.68. The molecule has 3 nitrogen and oxygen atoms in total. The fourth-order valence-corrected chi connectivity index (χ4v) is 2.07. The van der Waals surface area contributed by atoms with E-state index in [4.69, 9.17) is 27.9 Å². The van der Waals surface area contributed by atoms with Crippen LogP contribution >= 0.6 is 23.2 Å². The van der Waals surface area contributed by atoms with Crippen LogP contribution in [-0.2, 0) is 6.54 Å². The zero-order chi connectivity index (χ0) is 13.8. The van der Waals surface area contributed by atoms with Crippen LogP contribution in [0.25, 0.3) is 0 Å². The molecular weight excluding hydrogens is 285 g/mol. The van der Waals surface area contributed by atoms with E-state index >= 15 is 0 Å². The number of methoxy groups -OCH3 is 1. The minimum Gasteiger partial charge on any atom is -0.504 e. The summed E-state index contributed by atoms with van der Waals surface area (Å²) >= 11 is 12.0. The van der Waals surface area contributed by atoms with E-state index in [-0.39, 0.29) is 5.75 Å². The highest BCUT2D eigenvalue weighted by Crippen LogP contribution is 2.30. The maximum absolute atomic E-state index is 9.68. The Morgan fingerprint density at radius 2 is 2.00 bits per heavy atom. The van der Waals surface area contributed by atoms with Crippen LogP contribution in [0, 0.1) is 0 Å². The van der Waals surface area contributed by atoms with Crippen molar-refractivity contribution >= 4 is 28.9 Å². The minimum atomic E-state index is 0.0877. The molecule has 0 spiro atoms. The van der Waals surface area contributed by atoms with Crippen molar-refractivity contribution in [2.75, 3.05) is 12.4 Å². The Morgan fingerprint density at radius 1 is 1.21 bits per heavy atom. The maximum Gasteiger partial charge on any atom is 0.160 e. The van der Waals surface area contributed by atoms with Gasteiger partial charge in [0.15, 0.2) is 11.5 Å². The van der Waals surface area contributed by atoms with Crippen molar-refractivity contribution in [3.05, 3.63) is 52.0 Å². The summed E-state index contributed by atoms with van der Waals surface area (Å²) in [5.41, 5.74) is 1.67. The molecule has 19 heavy (non-hydrogen) atoms. The molecule has 0 aromatic heterocycles. The third-order valence-corrected chi connectivity index (χ3v) is 3.55. The van der Waals surface area contributed by atoms with E-state index in [0.29, 0.717) is 22.3 Å². The number of rotatable bonds is 4. The van der Waals surface area contributed by atoms with E-state index in [9.17, 15) is 5.11 Å². The van der Waals surface area contributed by atoms with Crippen LogP contribution in [0.15, 0.2) is 36.4 Å². The highest BCUT2D eigenvalue weighted by atomic mass is 35.5. The number of hydrogen-bond donors (Lipinski definition) is 2. The van der Waals surface area contributed by atoms with E-state index in [1.54, 1.807) is 18.2 Å². The minimum absolute atomic E-state index is 0.0877. The van der Waals surface area contributed by atoms with Crippen molar-refractivity contribution in [2.45, 2.75) is 6.54 Å². The van der Waals surface area contributed by atoms with E-state index in [2.05, 4.69) is 5.32 Å². The van der Waals surface area contributed by atoms with E-state index in [0.717, 1.165) is 11.3 Å². The van der Waals surface area contributed by atoms with Crippen LogP contribution < -0.4 is 10.1 Å². The van der Waals surface area contributed by atoms with Gasteiger partial charge >= 0.3 is 0 Å². The molecule has 0 fully saturated rings. The first-order chi connectivity index (χ1) is 9.11. The Hall–Kier alpha value is -1.58. The van der Waals surface area contributed by atoms with Crippen LogP contribution in [0.3, 0.4) is 0 Å². The quantitative estimate of drug-likeness (QED) is 0.883. The van der Waals surface area contributed by atoms with Crippen molar-refractivity contribution in [1.29, 1.82) is 0 Å². The number of benzene rings is 2. The number of nitrogens with one attached hydrogen (secondary N) is 1. The summed E-state index contributed by atoms with van der Waals surface area (Å²) in [5.74, 6) is 0.524. The Balaban J connectivity index is 2.10. The van der Waals surface area contributed by atoms with Gasteiger partial charge in [-0.25, -0.2) is 0 Å². The second-order valence-corrected chi connectivity index (χ2v) is 4.74. The Bertz CT molecular complexity index is 588. The summed E-state index contributed by atoms with van der Waals surface area (Å²) in [6.45, 7) is 0.519. The Labute approximate surface area is 121 Å². The van der Waals surface area contributed by atoms with Gasteiger partial charge in [-0.15, -0.1) is 0 Å². The molecule has 2 rings (SSSR count). The van der Waals surface area contributed by atoms with Gasteiger partial charge in [-0.05, 0) is 23.8 Å². The van der Waals surface area contributed by atoms with Crippen LogP contribution in [0.5, 0.6) is 11.5 Å². The standard InChI is InChI=1S/C14H13Cl2NO2/c1-19-13-6-5-10(7-12(13)18)17-8-9-3-2-4-11(15)14(9)16/h2-7,17-18H,8H2,1H3. The maximum atomic E-state index is 9.68.